The van der Waals surface area contributed by atoms with Gasteiger partial charge in [-0.15, -0.1) is 0 Å². The smallest absolute Gasteiger partial charge is 0.00202 e. The van der Waals surface area contributed by atoms with Crippen LogP contribution in [0.2, 0.25) is 0 Å². The van der Waals surface area contributed by atoms with Gasteiger partial charge >= 0.3 is 0 Å². The highest BCUT2D eigenvalue weighted by Gasteiger charge is 2.20. The lowest BCUT2D eigenvalue weighted by molar-refractivity contribution is 0.594. The highest BCUT2D eigenvalue weighted by molar-refractivity contribution is 5.34. The monoisotopic (exact) mass is 175 g/mol. The Bertz CT molecular complexity index is 280. The van der Waals surface area contributed by atoms with E-state index in [-0.39, 0.29) is 0 Å². The molecule has 0 aliphatic heterocycles. The number of hydrogen-bond acceptors (Lipinski definition) is 1. The van der Waals surface area contributed by atoms with Crippen LogP contribution < -0.4 is 5.32 Å². The highest BCUT2D eigenvalue weighted by atomic mass is 14.8. The van der Waals surface area contributed by atoms with E-state index >= 15 is 0 Å². The van der Waals surface area contributed by atoms with Gasteiger partial charge in [0.25, 0.3) is 0 Å². The number of hydrogen-bond donors (Lipinski definition) is 1. The third-order valence-electron chi connectivity index (χ3n) is 2.90. The van der Waals surface area contributed by atoms with Gasteiger partial charge in [0.15, 0.2) is 0 Å². The maximum absolute atomic E-state index is 3.43. The van der Waals surface area contributed by atoms with Crippen molar-refractivity contribution in [3.05, 3.63) is 35.4 Å². The second-order valence-electron chi connectivity index (χ2n) is 3.74. The van der Waals surface area contributed by atoms with Crippen molar-refractivity contribution in [2.45, 2.75) is 25.7 Å². The van der Waals surface area contributed by atoms with Crippen molar-refractivity contribution in [2.75, 3.05) is 13.1 Å². The molecule has 0 aromatic heterocycles. The average Bonchev–Trinajstić information content (AvgIpc) is 2.58. The molecule has 13 heavy (non-hydrogen) atoms. The van der Waals surface area contributed by atoms with Crippen LogP contribution in [0.15, 0.2) is 24.3 Å². The zero-order valence-corrected chi connectivity index (χ0v) is 8.22. The van der Waals surface area contributed by atoms with Gasteiger partial charge in [-0.3, -0.25) is 0 Å². The van der Waals surface area contributed by atoms with E-state index in [1.54, 1.807) is 11.1 Å². The molecular weight excluding hydrogens is 158 g/mol. The highest BCUT2D eigenvalue weighted by Crippen LogP contribution is 2.31. The van der Waals surface area contributed by atoms with Crippen molar-refractivity contribution in [2.24, 2.45) is 0 Å². The molecule has 1 atom stereocenters. The summed E-state index contributed by atoms with van der Waals surface area (Å²) in [6.45, 7) is 4.40. The molecule has 1 heteroatoms. The fraction of sp³-hybridized carbons (Fsp3) is 0.500. The molecule has 1 nitrogen and oxygen atoms in total. The van der Waals surface area contributed by atoms with Gasteiger partial charge < -0.3 is 5.32 Å². The average molecular weight is 175 g/mol. The van der Waals surface area contributed by atoms with Crippen molar-refractivity contribution in [3.63, 3.8) is 0 Å². The first-order chi connectivity index (χ1) is 6.42. The number of likely N-dealkylation sites (N-methyl/N-ethyl adjacent to an activating group) is 1. The minimum Gasteiger partial charge on any atom is -0.316 e. The molecule has 1 N–H and O–H groups in total. The van der Waals surface area contributed by atoms with E-state index in [0.717, 1.165) is 19.0 Å². The summed E-state index contributed by atoms with van der Waals surface area (Å²) in [6.07, 6.45) is 2.60. The number of aryl methyl sites for hydroxylation is 1. The third kappa shape index (κ3) is 1.75. The molecular formula is C12H17N. The predicted octanol–water partition coefficient (Wildman–Crippen LogP) is 2.33. The summed E-state index contributed by atoms with van der Waals surface area (Å²) in [5.74, 6) is 0.760. The molecule has 0 saturated carbocycles. The van der Waals surface area contributed by atoms with Gasteiger partial charge in [-0.2, -0.15) is 0 Å². The fourth-order valence-electron chi connectivity index (χ4n) is 2.18. The Morgan fingerprint density at radius 1 is 1.38 bits per heavy atom. The Morgan fingerprint density at radius 2 is 2.23 bits per heavy atom. The molecule has 1 aromatic rings. The maximum atomic E-state index is 3.43. The Hall–Kier alpha value is -0.820. The van der Waals surface area contributed by atoms with Crippen molar-refractivity contribution in [3.8, 4) is 0 Å². The second-order valence-corrected chi connectivity index (χ2v) is 3.74. The number of nitrogens with one attached hydrogen (secondary N) is 1. The van der Waals surface area contributed by atoms with E-state index in [4.69, 9.17) is 0 Å². The van der Waals surface area contributed by atoms with Gasteiger partial charge in [-0.1, -0.05) is 31.2 Å². The first kappa shape index (κ1) is 8.76. The van der Waals surface area contributed by atoms with E-state index < -0.39 is 0 Å². The second kappa shape index (κ2) is 3.93. The van der Waals surface area contributed by atoms with Gasteiger partial charge in [0, 0.05) is 6.54 Å². The number of benzene rings is 1. The SMILES string of the molecule is CCNCC1CCc2ccccc21. The Labute approximate surface area is 80.2 Å². The van der Waals surface area contributed by atoms with E-state index in [9.17, 15) is 0 Å². The van der Waals surface area contributed by atoms with Crippen LogP contribution in [0.4, 0.5) is 0 Å². The summed E-state index contributed by atoms with van der Waals surface area (Å²) >= 11 is 0. The minimum absolute atomic E-state index is 0.760. The first-order valence-corrected chi connectivity index (χ1v) is 5.20. The number of fused-ring (bicyclic) bond motifs is 1. The zero-order chi connectivity index (χ0) is 9.10. The molecule has 0 spiro atoms. The van der Waals surface area contributed by atoms with Crippen LogP contribution in [0.1, 0.15) is 30.4 Å². The molecule has 1 aliphatic carbocycles. The van der Waals surface area contributed by atoms with Crippen LogP contribution in [-0.2, 0) is 6.42 Å². The van der Waals surface area contributed by atoms with Crippen LogP contribution >= 0.6 is 0 Å². The summed E-state index contributed by atoms with van der Waals surface area (Å²) in [5, 5.41) is 3.43. The topological polar surface area (TPSA) is 12.0 Å². The van der Waals surface area contributed by atoms with Crippen LogP contribution in [0.25, 0.3) is 0 Å². The minimum atomic E-state index is 0.760. The molecule has 0 radical (unpaired) electrons. The summed E-state index contributed by atoms with van der Waals surface area (Å²) in [4.78, 5) is 0. The lowest BCUT2D eigenvalue weighted by Crippen LogP contribution is -2.19. The lowest BCUT2D eigenvalue weighted by Gasteiger charge is -2.11. The van der Waals surface area contributed by atoms with Crippen molar-refractivity contribution in [1.82, 2.24) is 5.32 Å². The van der Waals surface area contributed by atoms with E-state index in [1.165, 1.54) is 12.8 Å². The summed E-state index contributed by atoms with van der Waals surface area (Å²) in [7, 11) is 0. The number of rotatable bonds is 3. The first-order valence-electron chi connectivity index (χ1n) is 5.20. The Kier molecular flexibility index (Phi) is 2.65. The Morgan fingerprint density at radius 3 is 3.08 bits per heavy atom. The van der Waals surface area contributed by atoms with Gasteiger partial charge in [-0.25, -0.2) is 0 Å². The fourth-order valence-corrected chi connectivity index (χ4v) is 2.18. The van der Waals surface area contributed by atoms with Crippen molar-refractivity contribution < 1.29 is 0 Å². The standard InChI is InChI=1S/C12H17N/c1-2-13-9-11-8-7-10-5-3-4-6-12(10)11/h3-6,11,13H,2,7-9H2,1H3. The predicted molar refractivity (Wildman–Crippen MR) is 56.0 cm³/mol. The van der Waals surface area contributed by atoms with Crippen LogP contribution in [0.5, 0.6) is 0 Å². The van der Waals surface area contributed by atoms with E-state index in [0.29, 0.717) is 0 Å². The molecule has 1 aliphatic rings. The molecule has 0 heterocycles. The molecule has 2 rings (SSSR count). The molecule has 0 fully saturated rings. The van der Waals surface area contributed by atoms with Crippen LogP contribution in [0, 0.1) is 0 Å². The lowest BCUT2D eigenvalue weighted by atomic mass is 10.0. The molecule has 1 unspecified atom stereocenters. The quantitative estimate of drug-likeness (QED) is 0.743. The van der Waals surface area contributed by atoms with Gasteiger partial charge in [0.2, 0.25) is 0 Å². The summed E-state index contributed by atoms with van der Waals surface area (Å²) < 4.78 is 0. The third-order valence-corrected chi connectivity index (χ3v) is 2.90. The largest absolute Gasteiger partial charge is 0.316 e. The zero-order valence-electron chi connectivity index (χ0n) is 8.22. The van der Waals surface area contributed by atoms with Gasteiger partial charge in [0.1, 0.15) is 0 Å². The maximum Gasteiger partial charge on any atom is 0.00202 e. The molecule has 70 valence electrons. The van der Waals surface area contributed by atoms with E-state index in [1.807, 2.05) is 0 Å². The van der Waals surface area contributed by atoms with Crippen LogP contribution in [0.3, 0.4) is 0 Å². The molecule has 1 aromatic carbocycles. The Balaban J connectivity index is 2.09. The van der Waals surface area contributed by atoms with Crippen molar-refractivity contribution >= 4 is 0 Å². The summed E-state index contributed by atoms with van der Waals surface area (Å²) in [6, 6.07) is 8.85. The molecule has 0 bridgehead atoms. The normalized spacial score (nSPS) is 20.2. The van der Waals surface area contributed by atoms with E-state index in [2.05, 4.69) is 36.5 Å². The van der Waals surface area contributed by atoms with Gasteiger partial charge in [0.05, 0.1) is 0 Å². The van der Waals surface area contributed by atoms with Crippen LogP contribution in [-0.4, -0.2) is 13.1 Å². The van der Waals surface area contributed by atoms with Gasteiger partial charge in [-0.05, 0) is 36.4 Å². The molecule has 0 saturated heterocycles. The molecule has 0 amide bonds. The summed E-state index contributed by atoms with van der Waals surface area (Å²) in [5.41, 5.74) is 3.13. The van der Waals surface area contributed by atoms with Crippen molar-refractivity contribution in [1.29, 1.82) is 0 Å².